The lowest BCUT2D eigenvalue weighted by Crippen LogP contribution is -2.41. The Morgan fingerprint density at radius 3 is 2.12 bits per heavy atom. The normalized spacial score (nSPS) is 24.8. The van der Waals surface area contributed by atoms with Gasteiger partial charge in [-0.2, -0.15) is 0 Å². The highest BCUT2D eigenvalue weighted by Gasteiger charge is 2.53. The Morgan fingerprint density at radius 2 is 1.58 bits per heavy atom. The minimum absolute atomic E-state index is 0.222. The van der Waals surface area contributed by atoms with Crippen LogP contribution in [0.3, 0.4) is 0 Å². The van der Waals surface area contributed by atoms with Crippen LogP contribution in [-0.4, -0.2) is 23.3 Å². The number of rotatable bonds is 3. The standard InChI is InChI=1S/C19H27BFNO2/c1-18(2)19(3,4)24-20(23-18)17(21)16(14-8-6-5-7-9-14)15-10-12-22-13-11-15/h10-14H,5-9H2,1-4H3. The van der Waals surface area contributed by atoms with Crippen LogP contribution in [0.5, 0.6) is 0 Å². The third-order valence-corrected chi connectivity index (χ3v) is 5.72. The lowest BCUT2D eigenvalue weighted by Gasteiger charge is -2.32. The largest absolute Gasteiger partial charge is 0.525 e. The fourth-order valence-electron chi connectivity index (χ4n) is 3.56. The van der Waals surface area contributed by atoms with Crippen molar-refractivity contribution in [2.45, 2.75) is 71.0 Å². The van der Waals surface area contributed by atoms with E-state index in [9.17, 15) is 0 Å². The molecule has 0 amide bonds. The zero-order valence-corrected chi connectivity index (χ0v) is 15.1. The predicted octanol–water partition coefficient (Wildman–Crippen LogP) is 4.97. The van der Waals surface area contributed by atoms with Gasteiger partial charge in [0.2, 0.25) is 0 Å². The summed E-state index contributed by atoms with van der Waals surface area (Å²) in [6.45, 7) is 7.81. The van der Waals surface area contributed by atoms with Crippen LogP contribution < -0.4 is 0 Å². The van der Waals surface area contributed by atoms with Gasteiger partial charge >= 0.3 is 7.12 Å². The lowest BCUT2D eigenvalue weighted by atomic mass is 9.74. The first-order chi connectivity index (χ1) is 11.3. The summed E-state index contributed by atoms with van der Waals surface area (Å²) in [4.78, 5) is 4.07. The molecule has 2 aliphatic rings. The zero-order valence-electron chi connectivity index (χ0n) is 15.1. The topological polar surface area (TPSA) is 31.4 Å². The average Bonchev–Trinajstić information content (AvgIpc) is 2.78. The van der Waals surface area contributed by atoms with Crippen molar-refractivity contribution in [3.63, 3.8) is 0 Å². The maximum Gasteiger partial charge on any atom is 0.525 e. The minimum Gasteiger partial charge on any atom is -0.398 e. The Balaban J connectivity index is 1.99. The predicted molar refractivity (Wildman–Crippen MR) is 94.9 cm³/mol. The molecule has 1 saturated heterocycles. The van der Waals surface area contributed by atoms with Crippen molar-refractivity contribution in [1.29, 1.82) is 0 Å². The Bertz CT molecular complexity index is 593. The summed E-state index contributed by atoms with van der Waals surface area (Å²) in [7, 11) is -0.930. The lowest BCUT2D eigenvalue weighted by molar-refractivity contribution is 0.00578. The van der Waals surface area contributed by atoms with E-state index in [1.165, 1.54) is 6.42 Å². The monoisotopic (exact) mass is 331 g/mol. The SMILES string of the molecule is CC1(C)OB(C(F)=C(c2ccncc2)C2CCCCC2)OC1(C)C. The van der Waals surface area contributed by atoms with Crippen LogP contribution in [0.1, 0.15) is 65.4 Å². The van der Waals surface area contributed by atoms with Crippen LogP contribution in [0.25, 0.3) is 5.57 Å². The Labute approximate surface area is 144 Å². The molecule has 0 spiro atoms. The van der Waals surface area contributed by atoms with Crippen molar-refractivity contribution in [1.82, 2.24) is 4.98 Å². The van der Waals surface area contributed by atoms with Gasteiger partial charge in [0.1, 0.15) is 5.73 Å². The number of nitrogens with zero attached hydrogens (tertiary/aromatic N) is 1. The van der Waals surface area contributed by atoms with Crippen LogP contribution in [0.15, 0.2) is 30.3 Å². The third kappa shape index (κ3) is 3.29. The second-order valence-corrected chi connectivity index (χ2v) is 7.92. The zero-order chi connectivity index (χ0) is 17.4. The van der Waals surface area contributed by atoms with E-state index in [4.69, 9.17) is 9.31 Å². The van der Waals surface area contributed by atoms with Gasteiger partial charge in [-0.25, -0.2) is 4.39 Å². The van der Waals surface area contributed by atoms with Crippen LogP contribution >= 0.6 is 0 Å². The molecule has 130 valence electrons. The summed E-state index contributed by atoms with van der Waals surface area (Å²) >= 11 is 0. The molecule has 0 radical (unpaired) electrons. The van der Waals surface area contributed by atoms with E-state index in [2.05, 4.69) is 4.98 Å². The van der Waals surface area contributed by atoms with Crippen molar-refractivity contribution >= 4 is 12.7 Å². The van der Waals surface area contributed by atoms with Crippen molar-refractivity contribution in [3.05, 3.63) is 35.8 Å². The average molecular weight is 331 g/mol. The molecular formula is C19H27BFNO2. The van der Waals surface area contributed by atoms with E-state index in [0.29, 0.717) is 0 Å². The van der Waals surface area contributed by atoms with Gasteiger partial charge in [-0.1, -0.05) is 19.3 Å². The third-order valence-electron chi connectivity index (χ3n) is 5.72. The van der Waals surface area contributed by atoms with Crippen LogP contribution in [0.2, 0.25) is 0 Å². The molecule has 2 fully saturated rings. The molecule has 3 nitrogen and oxygen atoms in total. The summed E-state index contributed by atoms with van der Waals surface area (Å²) in [5, 5.41) is 0. The summed E-state index contributed by atoms with van der Waals surface area (Å²) in [5.41, 5.74) is 0.294. The van der Waals surface area contributed by atoms with Gasteiger partial charge < -0.3 is 9.31 Å². The molecule has 0 aromatic carbocycles. The number of pyridine rings is 1. The molecule has 1 aliphatic heterocycles. The van der Waals surface area contributed by atoms with Crippen LogP contribution in [0, 0.1) is 5.92 Å². The summed E-state index contributed by atoms with van der Waals surface area (Å²) < 4.78 is 27.4. The molecular weight excluding hydrogens is 304 g/mol. The maximum absolute atomic E-state index is 15.5. The molecule has 0 N–H and O–H groups in total. The van der Waals surface area contributed by atoms with Gasteiger partial charge in [-0.3, -0.25) is 4.98 Å². The highest BCUT2D eigenvalue weighted by Crippen LogP contribution is 2.43. The van der Waals surface area contributed by atoms with Gasteiger partial charge in [0, 0.05) is 12.4 Å². The fourth-order valence-corrected chi connectivity index (χ4v) is 3.56. The molecule has 1 aromatic heterocycles. The van der Waals surface area contributed by atoms with E-state index in [0.717, 1.165) is 36.8 Å². The summed E-state index contributed by atoms with van der Waals surface area (Å²) in [6, 6.07) is 3.77. The number of halogens is 1. The van der Waals surface area contributed by atoms with E-state index >= 15 is 4.39 Å². The molecule has 1 aromatic rings. The number of hydrogen-bond donors (Lipinski definition) is 0. The first kappa shape index (κ1) is 17.6. The second-order valence-electron chi connectivity index (χ2n) is 7.92. The van der Waals surface area contributed by atoms with E-state index in [-0.39, 0.29) is 11.6 Å². The van der Waals surface area contributed by atoms with E-state index in [1.54, 1.807) is 12.4 Å². The molecule has 3 rings (SSSR count). The molecule has 1 saturated carbocycles. The smallest absolute Gasteiger partial charge is 0.398 e. The van der Waals surface area contributed by atoms with E-state index < -0.39 is 18.3 Å². The maximum atomic E-state index is 15.5. The molecule has 0 unspecified atom stereocenters. The summed E-state index contributed by atoms with van der Waals surface area (Å²) in [6.07, 6.45) is 9.00. The highest BCUT2D eigenvalue weighted by molar-refractivity contribution is 6.55. The Kier molecular flexibility index (Phi) is 4.85. The molecule has 2 heterocycles. The molecule has 0 atom stereocenters. The number of hydrogen-bond acceptors (Lipinski definition) is 3. The number of allylic oxidation sites excluding steroid dienone is 1. The van der Waals surface area contributed by atoms with Gasteiger partial charge in [0.25, 0.3) is 0 Å². The van der Waals surface area contributed by atoms with Crippen LogP contribution in [0.4, 0.5) is 4.39 Å². The quantitative estimate of drug-likeness (QED) is 0.733. The molecule has 1 aliphatic carbocycles. The van der Waals surface area contributed by atoms with Gasteiger partial charge in [-0.05, 0) is 69.7 Å². The highest BCUT2D eigenvalue weighted by atomic mass is 19.1. The summed E-state index contributed by atoms with van der Waals surface area (Å²) in [5.74, 6) is 0.222. The van der Waals surface area contributed by atoms with Crippen LogP contribution in [-0.2, 0) is 9.31 Å². The van der Waals surface area contributed by atoms with Crippen molar-refractivity contribution in [2.24, 2.45) is 5.92 Å². The first-order valence-electron chi connectivity index (χ1n) is 8.97. The second kappa shape index (κ2) is 6.60. The molecule has 5 heteroatoms. The number of aromatic nitrogens is 1. The minimum atomic E-state index is -0.930. The Hall–Kier alpha value is -1.20. The first-order valence-corrected chi connectivity index (χ1v) is 8.97. The molecule has 24 heavy (non-hydrogen) atoms. The Morgan fingerprint density at radius 1 is 1.04 bits per heavy atom. The fraction of sp³-hybridized carbons (Fsp3) is 0.632. The van der Waals surface area contributed by atoms with E-state index in [1.807, 2.05) is 39.8 Å². The molecule has 0 bridgehead atoms. The van der Waals surface area contributed by atoms with Gasteiger partial charge in [-0.15, -0.1) is 0 Å². The van der Waals surface area contributed by atoms with Crippen molar-refractivity contribution < 1.29 is 13.7 Å². The van der Waals surface area contributed by atoms with Crippen molar-refractivity contribution in [2.75, 3.05) is 0 Å². The van der Waals surface area contributed by atoms with Crippen molar-refractivity contribution in [3.8, 4) is 0 Å². The van der Waals surface area contributed by atoms with Gasteiger partial charge in [0.15, 0.2) is 0 Å². The van der Waals surface area contributed by atoms with Gasteiger partial charge in [0.05, 0.1) is 11.2 Å².